The number of rotatable bonds is 5. The van der Waals surface area contributed by atoms with Crippen LogP contribution in [-0.4, -0.2) is 58.7 Å². The minimum atomic E-state index is 0.150. The minimum absolute atomic E-state index is 0.150. The van der Waals surface area contributed by atoms with Gasteiger partial charge < -0.3 is 5.11 Å². The number of thiazole rings is 1. The number of piperazine rings is 1. The molecule has 0 spiro atoms. The van der Waals surface area contributed by atoms with Crippen molar-refractivity contribution in [3.8, 4) is 0 Å². The molecule has 4 nitrogen and oxygen atoms in total. The molecule has 0 aliphatic carbocycles. The average molecular weight is 311 g/mol. The number of aliphatic hydroxyl groups is 1. The summed E-state index contributed by atoms with van der Waals surface area (Å²) >= 11 is 1.84. The molecular weight excluding hydrogens is 282 g/mol. The molecule has 1 aliphatic rings. The van der Waals surface area contributed by atoms with Crippen LogP contribution in [0.3, 0.4) is 0 Å². The van der Waals surface area contributed by atoms with Crippen molar-refractivity contribution >= 4 is 11.3 Å². The Balaban J connectivity index is 1.85. The van der Waals surface area contributed by atoms with Crippen LogP contribution >= 0.6 is 11.3 Å². The van der Waals surface area contributed by atoms with E-state index in [2.05, 4.69) is 42.5 Å². The Labute approximate surface area is 132 Å². The van der Waals surface area contributed by atoms with Crippen molar-refractivity contribution < 1.29 is 5.11 Å². The highest BCUT2D eigenvalue weighted by molar-refractivity contribution is 7.11. The Morgan fingerprint density at radius 3 is 2.43 bits per heavy atom. The molecule has 5 heteroatoms. The lowest BCUT2D eigenvalue weighted by Gasteiger charge is -2.38. The van der Waals surface area contributed by atoms with E-state index >= 15 is 0 Å². The van der Waals surface area contributed by atoms with Crippen LogP contribution in [-0.2, 0) is 12.0 Å². The Morgan fingerprint density at radius 2 is 1.95 bits per heavy atom. The Morgan fingerprint density at radius 1 is 1.29 bits per heavy atom. The molecule has 1 fully saturated rings. The van der Waals surface area contributed by atoms with Gasteiger partial charge in [0.05, 0.1) is 11.6 Å². The molecule has 0 aromatic carbocycles. The quantitative estimate of drug-likeness (QED) is 0.906. The first kappa shape index (κ1) is 16.9. The molecule has 120 valence electrons. The van der Waals surface area contributed by atoms with Gasteiger partial charge in [0.2, 0.25) is 0 Å². The van der Waals surface area contributed by atoms with Crippen molar-refractivity contribution in [3.63, 3.8) is 0 Å². The summed E-state index contributed by atoms with van der Waals surface area (Å²) in [4.78, 5) is 10.9. The lowest BCUT2D eigenvalue weighted by atomic mass is 9.98. The molecule has 21 heavy (non-hydrogen) atoms. The van der Waals surface area contributed by atoms with E-state index < -0.39 is 0 Å². The Hall–Kier alpha value is -0.490. The van der Waals surface area contributed by atoms with E-state index in [9.17, 15) is 5.11 Å². The summed E-state index contributed by atoms with van der Waals surface area (Å²) in [5.74, 6) is 0. The summed E-state index contributed by atoms with van der Waals surface area (Å²) in [5, 5.41) is 10.6. The predicted octanol–water partition coefficient (Wildman–Crippen LogP) is 2.33. The van der Waals surface area contributed by atoms with E-state index in [0.717, 1.165) is 39.1 Å². The first-order chi connectivity index (χ1) is 9.94. The second-order valence-corrected chi connectivity index (χ2v) is 8.05. The molecule has 1 aromatic heterocycles. The van der Waals surface area contributed by atoms with Crippen LogP contribution < -0.4 is 0 Å². The fraction of sp³-hybridized carbons (Fsp3) is 0.812. The zero-order valence-corrected chi connectivity index (χ0v) is 14.6. The monoisotopic (exact) mass is 311 g/mol. The van der Waals surface area contributed by atoms with E-state index in [0.29, 0.717) is 6.04 Å². The summed E-state index contributed by atoms with van der Waals surface area (Å²) < 4.78 is 0. The van der Waals surface area contributed by atoms with Gasteiger partial charge in [-0.05, 0) is 6.42 Å². The maximum atomic E-state index is 9.40. The van der Waals surface area contributed by atoms with Crippen molar-refractivity contribution in [1.82, 2.24) is 14.8 Å². The first-order valence-electron chi connectivity index (χ1n) is 7.96. The van der Waals surface area contributed by atoms with Crippen molar-refractivity contribution in [2.75, 3.05) is 32.8 Å². The molecule has 1 saturated heterocycles. The maximum Gasteiger partial charge on any atom is 0.0981 e. The van der Waals surface area contributed by atoms with Gasteiger partial charge in [-0.1, -0.05) is 27.7 Å². The summed E-state index contributed by atoms with van der Waals surface area (Å²) in [7, 11) is 0. The van der Waals surface area contributed by atoms with Gasteiger partial charge in [-0.15, -0.1) is 11.3 Å². The summed E-state index contributed by atoms with van der Waals surface area (Å²) in [5.41, 5.74) is 0.150. The SMILES string of the molecule is CCC(CO)N1CCN(Cc2cnc(C(C)(C)C)s2)CC1. The smallest absolute Gasteiger partial charge is 0.0981 e. The maximum absolute atomic E-state index is 9.40. The molecule has 0 amide bonds. The van der Waals surface area contributed by atoms with Crippen LogP contribution in [0.5, 0.6) is 0 Å². The lowest BCUT2D eigenvalue weighted by Crippen LogP contribution is -2.50. The number of aliphatic hydroxyl groups excluding tert-OH is 1. The molecule has 2 heterocycles. The van der Waals surface area contributed by atoms with Crippen molar-refractivity contribution in [2.24, 2.45) is 0 Å². The number of nitrogens with zero attached hydrogens (tertiary/aromatic N) is 3. The van der Waals surface area contributed by atoms with Crippen molar-refractivity contribution in [2.45, 2.75) is 52.1 Å². The van der Waals surface area contributed by atoms with Gasteiger partial charge in [-0.25, -0.2) is 4.98 Å². The van der Waals surface area contributed by atoms with Crippen LogP contribution in [0.15, 0.2) is 6.20 Å². The molecule has 1 aliphatic heterocycles. The predicted molar refractivity (Wildman–Crippen MR) is 88.8 cm³/mol. The highest BCUT2D eigenvalue weighted by atomic mass is 32.1. The second kappa shape index (κ2) is 7.18. The highest BCUT2D eigenvalue weighted by Gasteiger charge is 2.23. The molecule has 0 radical (unpaired) electrons. The van der Waals surface area contributed by atoms with Crippen LogP contribution in [0.25, 0.3) is 0 Å². The van der Waals surface area contributed by atoms with E-state index in [1.807, 2.05) is 17.5 Å². The van der Waals surface area contributed by atoms with E-state index in [4.69, 9.17) is 0 Å². The summed E-state index contributed by atoms with van der Waals surface area (Å²) in [6.07, 6.45) is 3.07. The van der Waals surface area contributed by atoms with Gasteiger partial charge in [-0.3, -0.25) is 9.80 Å². The van der Waals surface area contributed by atoms with Crippen molar-refractivity contribution in [1.29, 1.82) is 0 Å². The molecule has 0 saturated carbocycles. The number of hydrogen-bond donors (Lipinski definition) is 1. The Bertz CT molecular complexity index is 429. The molecule has 1 N–H and O–H groups in total. The van der Waals surface area contributed by atoms with Gasteiger partial charge in [0.1, 0.15) is 0 Å². The van der Waals surface area contributed by atoms with Gasteiger partial charge in [-0.2, -0.15) is 0 Å². The van der Waals surface area contributed by atoms with Gasteiger partial charge in [0.15, 0.2) is 0 Å². The molecule has 1 aromatic rings. The van der Waals surface area contributed by atoms with E-state index in [1.165, 1.54) is 9.88 Å². The normalized spacial score (nSPS) is 19.9. The molecule has 2 rings (SSSR count). The van der Waals surface area contributed by atoms with Crippen LogP contribution in [0.1, 0.15) is 44.0 Å². The third-order valence-corrected chi connectivity index (χ3v) is 5.59. The zero-order chi connectivity index (χ0) is 15.5. The fourth-order valence-electron chi connectivity index (χ4n) is 2.74. The largest absolute Gasteiger partial charge is 0.395 e. The third kappa shape index (κ3) is 4.49. The molecule has 0 bridgehead atoms. The summed E-state index contributed by atoms with van der Waals surface area (Å²) in [6, 6.07) is 0.336. The molecule has 1 unspecified atom stereocenters. The lowest BCUT2D eigenvalue weighted by molar-refractivity contribution is 0.0612. The standard InChI is InChI=1S/C16H29N3OS/c1-5-13(12-20)19-8-6-18(7-9-19)11-14-10-17-15(21-14)16(2,3)4/h10,13,20H,5-9,11-12H2,1-4H3. The zero-order valence-electron chi connectivity index (χ0n) is 13.8. The Kier molecular flexibility index (Phi) is 5.77. The highest BCUT2D eigenvalue weighted by Crippen LogP contribution is 2.27. The first-order valence-corrected chi connectivity index (χ1v) is 8.78. The van der Waals surface area contributed by atoms with Gasteiger partial charge >= 0.3 is 0 Å². The fourth-order valence-corrected chi connectivity index (χ4v) is 3.75. The molecule has 1 atom stereocenters. The van der Waals surface area contributed by atoms with Gasteiger partial charge in [0.25, 0.3) is 0 Å². The van der Waals surface area contributed by atoms with Gasteiger partial charge in [0, 0.05) is 55.3 Å². The van der Waals surface area contributed by atoms with E-state index in [1.54, 1.807) is 0 Å². The van der Waals surface area contributed by atoms with Crippen LogP contribution in [0.2, 0.25) is 0 Å². The molecular formula is C16H29N3OS. The number of aromatic nitrogens is 1. The minimum Gasteiger partial charge on any atom is -0.395 e. The average Bonchev–Trinajstić information content (AvgIpc) is 2.90. The second-order valence-electron chi connectivity index (χ2n) is 6.94. The van der Waals surface area contributed by atoms with Crippen molar-refractivity contribution in [3.05, 3.63) is 16.1 Å². The van der Waals surface area contributed by atoms with Crippen LogP contribution in [0, 0.1) is 0 Å². The summed E-state index contributed by atoms with van der Waals surface area (Å²) in [6.45, 7) is 14.4. The third-order valence-electron chi connectivity index (χ3n) is 4.18. The van der Waals surface area contributed by atoms with Crippen LogP contribution in [0.4, 0.5) is 0 Å². The van der Waals surface area contributed by atoms with E-state index in [-0.39, 0.29) is 12.0 Å². The number of hydrogen-bond acceptors (Lipinski definition) is 5. The topological polar surface area (TPSA) is 39.6 Å².